The van der Waals surface area contributed by atoms with Crippen LogP contribution in [0.15, 0.2) is 0 Å². The van der Waals surface area contributed by atoms with E-state index in [0.29, 0.717) is 12.8 Å². The lowest BCUT2D eigenvalue weighted by Crippen LogP contribution is -2.10. The van der Waals surface area contributed by atoms with E-state index in [4.69, 9.17) is 0 Å². The van der Waals surface area contributed by atoms with Crippen molar-refractivity contribution in [2.45, 2.75) is 45.1 Å². The monoisotopic (exact) mass is 174 g/mol. The van der Waals surface area contributed by atoms with Crippen molar-refractivity contribution in [2.75, 3.05) is 7.11 Å². The van der Waals surface area contributed by atoms with Crippen LogP contribution in [0.1, 0.15) is 39.0 Å². The summed E-state index contributed by atoms with van der Waals surface area (Å²) in [7, 11) is 1.36. The van der Waals surface area contributed by atoms with Crippen molar-refractivity contribution in [3.05, 3.63) is 0 Å². The summed E-state index contributed by atoms with van der Waals surface area (Å²) in [6.07, 6.45) is 3.38. The summed E-state index contributed by atoms with van der Waals surface area (Å²) >= 11 is 0. The van der Waals surface area contributed by atoms with Gasteiger partial charge in [0.2, 0.25) is 0 Å². The first kappa shape index (κ1) is 11.4. The first-order valence-corrected chi connectivity index (χ1v) is 4.45. The molecular weight excluding hydrogens is 156 g/mol. The van der Waals surface area contributed by atoms with Crippen LogP contribution in [-0.2, 0) is 9.53 Å². The van der Waals surface area contributed by atoms with Crippen LogP contribution in [0.4, 0.5) is 0 Å². The Morgan fingerprint density at radius 1 is 1.50 bits per heavy atom. The van der Waals surface area contributed by atoms with Crippen molar-refractivity contribution in [2.24, 2.45) is 0 Å². The maximum atomic E-state index is 10.7. The number of esters is 1. The molecule has 0 heterocycles. The first-order valence-electron chi connectivity index (χ1n) is 4.45. The lowest BCUT2D eigenvalue weighted by molar-refractivity contribution is -0.141. The average molecular weight is 174 g/mol. The molecule has 0 radical (unpaired) electrons. The van der Waals surface area contributed by atoms with Gasteiger partial charge in [-0.2, -0.15) is 0 Å². The number of aliphatic hydroxyl groups is 1. The summed E-state index contributed by atoms with van der Waals surface area (Å²) in [4.78, 5) is 10.7. The molecule has 1 N–H and O–H groups in total. The van der Waals surface area contributed by atoms with Crippen LogP contribution >= 0.6 is 0 Å². The van der Waals surface area contributed by atoms with Gasteiger partial charge in [0, 0.05) is 6.42 Å². The van der Waals surface area contributed by atoms with Gasteiger partial charge in [0.1, 0.15) is 0 Å². The lowest BCUT2D eigenvalue weighted by atomic mass is 10.1. The van der Waals surface area contributed by atoms with Gasteiger partial charge >= 0.3 is 5.97 Å². The largest absolute Gasteiger partial charge is 0.469 e. The molecule has 0 aromatic heterocycles. The zero-order valence-corrected chi connectivity index (χ0v) is 7.88. The van der Waals surface area contributed by atoms with Gasteiger partial charge in [-0.15, -0.1) is 0 Å². The van der Waals surface area contributed by atoms with Crippen molar-refractivity contribution in [1.82, 2.24) is 0 Å². The average Bonchev–Trinajstić information content (AvgIpc) is 2.10. The Morgan fingerprint density at radius 3 is 2.67 bits per heavy atom. The molecule has 0 aromatic carbocycles. The Hall–Kier alpha value is -0.570. The standard InChI is InChI=1S/C9H18O3/c1-3-4-5-8(10)6-7-9(11)12-2/h8,10H,3-7H2,1-2H3/t8-/m0/s1. The number of methoxy groups -OCH3 is 1. The number of hydrogen-bond donors (Lipinski definition) is 1. The fraction of sp³-hybridized carbons (Fsp3) is 0.889. The molecule has 0 aliphatic carbocycles. The van der Waals surface area contributed by atoms with Crippen LogP contribution in [0.5, 0.6) is 0 Å². The molecule has 0 unspecified atom stereocenters. The quantitative estimate of drug-likeness (QED) is 0.620. The van der Waals surface area contributed by atoms with E-state index in [1.54, 1.807) is 0 Å². The number of carbonyl (C=O) groups excluding carboxylic acids is 1. The Morgan fingerprint density at radius 2 is 2.17 bits per heavy atom. The SMILES string of the molecule is CCCC[C@H](O)CCC(=O)OC. The molecule has 0 aliphatic rings. The number of carbonyl (C=O) groups is 1. The van der Waals surface area contributed by atoms with E-state index < -0.39 is 0 Å². The van der Waals surface area contributed by atoms with Crippen molar-refractivity contribution in [3.8, 4) is 0 Å². The van der Waals surface area contributed by atoms with Crippen molar-refractivity contribution < 1.29 is 14.6 Å². The number of aliphatic hydroxyl groups excluding tert-OH is 1. The Labute approximate surface area is 73.7 Å². The molecule has 12 heavy (non-hydrogen) atoms. The summed E-state index contributed by atoms with van der Waals surface area (Å²) in [5, 5.41) is 9.32. The summed E-state index contributed by atoms with van der Waals surface area (Å²) in [5.74, 6) is -0.245. The summed E-state index contributed by atoms with van der Waals surface area (Å²) in [6.45, 7) is 2.08. The van der Waals surface area contributed by atoms with Crippen LogP contribution in [0.3, 0.4) is 0 Å². The Bertz CT molecular complexity index is 123. The van der Waals surface area contributed by atoms with Crippen molar-refractivity contribution in [1.29, 1.82) is 0 Å². The van der Waals surface area contributed by atoms with Crippen LogP contribution in [0.2, 0.25) is 0 Å². The van der Waals surface area contributed by atoms with Gasteiger partial charge in [0.05, 0.1) is 13.2 Å². The first-order chi connectivity index (χ1) is 5.70. The maximum Gasteiger partial charge on any atom is 0.305 e. The van der Waals surface area contributed by atoms with Crippen LogP contribution in [0, 0.1) is 0 Å². The molecule has 72 valence electrons. The van der Waals surface area contributed by atoms with Gasteiger partial charge in [-0.3, -0.25) is 4.79 Å². The third kappa shape index (κ3) is 6.16. The second kappa shape index (κ2) is 7.10. The minimum absolute atomic E-state index is 0.245. The highest BCUT2D eigenvalue weighted by molar-refractivity contribution is 5.69. The van der Waals surface area contributed by atoms with Gasteiger partial charge in [0.15, 0.2) is 0 Å². The lowest BCUT2D eigenvalue weighted by Gasteiger charge is -2.07. The van der Waals surface area contributed by atoms with Gasteiger partial charge in [-0.1, -0.05) is 19.8 Å². The predicted molar refractivity (Wildman–Crippen MR) is 46.8 cm³/mol. The van der Waals surface area contributed by atoms with Crippen molar-refractivity contribution >= 4 is 5.97 Å². The molecule has 0 aliphatic heterocycles. The smallest absolute Gasteiger partial charge is 0.305 e. The maximum absolute atomic E-state index is 10.7. The Kier molecular flexibility index (Phi) is 6.76. The van der Waals surface area contributed by atoms with E-state index >= 15 is 0 Å². The highest BCUT2D eigenvalue weighted by atomic mass is 16.5. The number of hydrogen-bond acceptors (Lipinski definition) is 3. The van der Waals surface area contributed by atoms with Gasteiger partial charge < -0.3 is 9.84 Å². The van der Waals surface area contributed by atoms with E-state index in [2.05, 4.69) is 11.7 Å². The minimum Gasteiger partial charge on any atom is -0.469 e. The topological polar surface area (TPSA) is 46.5 Å². The molecule has 0 aromatic rings. The number of rotatable bonds is 6. The normalized spacial score (nSPS) is 12.6. The van der Waals surface area contributed by atoms with Gasteiger partial charge in [-0.25, -0.2) is 0 Å². The number of ether oxygens (including phenoxy) is 1. The van der Waals surface area contributed by atoms with Crippen LogP contribution in [0.25, 0.3) is 0 Å². The third-order valence-electron chi connectivity index (χ3n) is 1.80. The molecule has 3 heteroatoms. The van der Waals surface area contributed by atoms with E-state index in [-0.39, 0.29) is 12.1 Å². The molecule has 0 fully saturated rings. The minimum atomic E-state index is -0.343. The Balaban J connectivity index is 3.30. The molecular formula is C9H18O3. The molecule has 0 saturated heterocycles. The molecule has 0 spiro atoms. The molecule has 3 nitrogen and oxygen atoms in total. The highest BCUT2D eigenvalue weighted by Gasteiger charge is 2.06. The van der Waals surface area contributed by atoms with Gasteiger partial charge in [0.25, 0.3) is 0 Å². The molecule has 0 amide bonds. The third-order valence-corrected chi connectivity index (χ3v) is 1.80. The van der Waals surface area contributed by atoms with E-state index in [1.165, 1.54) is 7.11 Å². The van der Waals surface area contributed by atoms with Gasteiger partial charge in [-0.05, 0) is 12.8 Å². The second-order valence-corrected chi connectivity index (χ2v) is 2.91. The highest BCUT2D eigenvalue weighted by Crippen LogP contribution is 2.06. The van der Waals surface area contributed by atoms with Crippen molar-refractivity contribution in [3.63, 3.8) is 0 Å². The molecule has 0 rings (SSSR count). The zero-order chi connectivity index (χ0) is 9.40. The predicted octanol–water partition coefficient (Wildman–Crippen LogP) is 1.49. The zero-order valence-electron chi connectivity index (χ0n) is 7.88. The second-order valence-electron chi connectivity index (χ2n) is 2.91. The summed E-state index contributed by atoms with van der Waals surface area (Å²) < 4.78 is 4.46. The summed E-state index contributed by atoms with van der Waals surface area (Å²) in [5.41, 5.74) is 0. The van der Waals surface area contributed by atoms with Crippen LogP contribution < -0.4 is 0 Å². The fourth-order valence-corrected chi connectivity index (χ4v) is 0.971. The molecule has 0 bridgehead atoms. The van der Waals surface area contributed by atoms with E-state index in [9.17, 15) is 9.90 Å². The summed E-state index contributed by atoms with van der Waals surface area (Å²) in [6, 6.07) is 0. The molecule has 1 atom stereocenters. The fourth-order valence-electron chi connectivity index (χ4n) is 0.971. The van der Waals surface area contributed by atoms with E-state index in [0.717, 1.165) is 19.3 Å². The van der Waals surface area contributed by atoms with E-state index in [1.807, 2.05) is 0 Å². The van der Waals surface area contributed by atoms with Crippen LogP contribution in [-0.4, -0.2) is 24.3 Å². The molecule has 0 saturated carbocycles. The number of unbranched alkanes of at least 4 members (excludes halogenated alkanes) is 1.